The Kier molecular flexibility index (Phi) is 4.59. The number of benzene rings is 1. The maximum atomic E-state index is 11.6. The average molecular weight is 227 g/mol. The molecule has 1 atom stereocenters. The third kappa shape index (κ3) is 3.90. The minimum Gasteiger partial charge on any atom is -0.326 e. The van der Waals surface area contributed by atoms with E-state index in [1.54, 1.807) is 24.3 Å². The molecule has 1 aromatic carbocycles. The molecule has 15 heavy (non-hydrogen) atoms. The predicted octanol–water partition coefficient (Wildman–Crippen LogP) is 2.13. The van der Waals surface area contributed by atoms with Crippen LogP contribution < -0.4 is 10.6 Å². The largest absolute Gasteiger partial charge is 0.326 e. The second-order valence-electron chi connectivity index (χ2n) is 3.45. The first-order chi connectivity index (χ1) is 7.13. The van der Waals surface area contributed by atoms with Crippen LogP contribution in [0.3, 0.4) is 0 Å². The van der Waals surface area contributed by atoms with Crippen molar-refractivity contribution in [3.05, 3.63) is 29.3 Å². The number of carbonyl (C=O) groups excluding carboxylic acids is 1. The van der Waals surface area contributed by atoms with Gasteiger partial charge in [-0.05, 0) is 31.3 Å². The topological polar surface area (TPSA) is 41.1 Å². The van der Waals surface area contributed by atoms with Crippen molar-refractivity contribution >= 4 is 23.2 Å². The van der Waals surface area contributed by atoms with Crippen molar-refractivity contribution in [3.63, 3.8) is 0 Å². The van der Waals surface area contributed by atoms with Crippen LogP contribution in [-0.4, -0.2) is 19.5 Å². The lowest BCUT2D eigenvalue weighted by atomic mass is 10.1. The Morgan fingerprint density at radius 1 is 1.40 bits per heavy atom. The Morgan fingerprint density at radius 2 is 2.00 bits per heavy atom. The molecule has 1 unspecified atom stereocenters. The summed E-state index contributed by atoms with van der Waals surface area (Å²) in [5, 5.41) is 6.44. The molecule has 0 radical (unpaired) electrons. The molecule has 0 aliphatic carbocycles. The fraction of sp³-hybridized carbons (Fsp3) is 0.364. The number of nitrogens with one attached hydrogen (secondary N) is 2. The second kappa shape index (κ2) is 5.73. The van der Waals surface area contributed by atoms with E-state index < -0.39 is 0 Å². The molecule has 1 amide bonds. The summed E-state index contributed by atoms with van der Waals surface area (Å²) in [6, 6.07) is 7.07. The van der Waals surface area contributed by atoms with E-state index in [1.807, 2.05) is 14.0 Å². The third-order valence-electron chi connectivity index (χ3n) is 2.07. The van der Waals surface area contributed by atoms with Gasteiger partial charge in [0.2, 0.25) is 5.91 Å². The number of hydrogen-bond donors (Lipinski definition) is 2. The van der Waals surface area contributed by atoms with Crippen LogP contribution in [0.5, 0.6) is 0 Å². The first kappa shape index (κ1) is 12.0. The molecule has 0 aromatic heterocycles. The Balaban J connectivity index is 2.54. The van der Waals surface area contributed by atoms with Gasteiger partial charge in [0.05, 0.1) is 0 Å². The van der Waals surface area contributed by atoms with Crippen LogP contribution in [0.1, 0.15) is 6.92 Å². The van der Waals surface area contributed by atoms with Crippen molar-refractivity contribution in [1.29, 1.82) is 0 Å². The summed E-state index contributed by atoms with van der Waals surface area (Å²) in [6.45, 7) is 2.54. The van der Waals surface area contributed by atoms with Gasteiger partial charge in [0.25, 0.3) is 0 Å². The van der Waals surface area contributed by atoms with Crippen LogP contribution in [0.15, 0.2) is 24.3 Å². The van der Waals surface area contributed by atoms with E-state index in [0.717, 1.165) is 5.69 Å². The summed E-state index contributed by atoms with van der Waals surface area (Å²) >= 11 is 5.74. The fourth-order valence-electron chi connectivity index (χ4n) is 1.20. The Morgan fingerprint density at radius 3 is 2.53 bits per heavy atom. The summed E-state index contributed by atoms with van der Waals surface area (Å²) in [4.78, 5) is 11.6. The van der Waals surface area contributed by atoms with Crippen LogP contribution in [0.4, 0.5) is 5.69 Å². The van der Waals surface area contributed by atoms with Crippen molar-refractivity contribution in [2.75, 3.05) is 18.9 Å². The molecular formula is C11H15ClN2O. The summed E-state index contributed by atoms with van der Waals surface area (Å²) in [7, 11) is 1.83. The van der Waals surface area contributed by atoms with Crippen LogP contribution in [0.2, 0.25) is 5.02 Å². The van der Waals surface area contributed by atoms with Crippen LogP contribution in [0.25, 0.3) is 0 Å². The summed E-state index contributed by atoms with van der Waals surface area (Å²) in [5.41, 5.74) is 0.771. The van der Waals surface area contributed by atoms with Gasteiger partial charge < -0.3 is 10.6 Å². The monoisotopic (exact) mass is 226 g/mol. The number of amides is 1. The maximum Gasteiger partial charge on any atom is 0.228 e. The molecule has 82 valence electrons. The number of hydrogen-bond acceptors (Lipinski definition) is 2. The lowest BCUT2D eigenvalue weighted by Crippen LogP contribution is -2.28. The summed E-state index contributed by atoms with van der Waals surface area (Å²) < 4.78 is 0. The predicted molar refractivity (Wildman–Crippen MR) is 63.2 cm³/mol. The first-order valence-electron chi connectivity index (χ1n) is 4.84. The minimum atomic E-state index is -0.0503. The highest BCUT2D eigenvalue weighted by molar-refractivity contribution is 6.30. The zero-order valence-electron chi connectivity index (χ0n) is 8.88. The van der Waals surface area contributed by atoms with Crippen molar-refractivity contribution in [3.8, 4) is 0 Å². The van der Waals surface area contributed by atoms with Gasteiger partial charge in [-0.1, -0.05) is 18.5 Å². The van der Waals surface area contributed by atoms with Gasteiger partial charge >= 0.3 is 0 Å². The highest BCUT2D eigenvalue weighted by Gasteiger charge is 2.11. The SMILES string of the molecule is CNCC(C)C(=O)Nc1ccc(Cl)cc1. The van der Waals surface area contributed by atoms with Gasteiger partial charge in [0, 0.05) is 23.2 Å². The average Bonchev–Trinajstić information content (AvgIpc) is 2.22. The van der Waals surface area contributed by atoms with Gasteiger partial charge in [0.1, 0.15) is 0 Å². The molecule has 0 aliphatic heterocycles. The summed E-state index contributed by atoms with van der Waals surface area (Å²) in [6.07, 6.45) is 0. The molecule has 3 nitrogen and oxygen atoms in total. The van der Waals surface area contributed by atoms with Gasteiger partial charge in [-0.2, -0.15) is 0 Å². The zero-order valence-corrected chi connectivity index (χ0v) is 9.64. The Labute approximate surface area is 94.8 Å². The molecule has 1 rings (SSSR count). The van der Waals surface area contributed by atoms with Gasteiger partial charge in [-0.3, -0.25) is 4.79 Å². The van der Waals surface area contributed by atoms with E-state index >= 15 is 0 Å². The minimum absolute atomic E-state index is 0.00618. The molecule has 0 aliphatic rings. The van der Waals surface area contributed by atoms with Crippen molar-refractivity contribution < 1.29 is 4.79 Å². The van der Waals surface area contributed by atoms with Gasteiger partial charge in [0.15, 0.2) is 0 Å². The molecule has 0 saturated carbocycles. The Bertz CT molecular complexity index is 324. The molecule has 0 heterocycles. The van der Waals surface area contributed by atoms with Crippen LogP contribution in [-0.2, 0) is 4.79 Å². The molecule has 2 N–H and O–H groups in total. The molecule has 0 saturated heterocycles. The number of halogens is 1. The molecule has 0 spiro atoms. The normalized spacial score (nSPS) is 12.2. The van der Waals surface area contributed by atoms with E-state index in [9.17, 15) is 4.79 Å². The smallest absolute Gasteiger partial charge is 0.228 e. The Hall–Kier alpha value is -1.06. The molecular weight excluding hydrogens is 212 g/mol. The molecule has 4 heteroatoms. The number of anilines is 1. The highest BCUT2D eigenvalue weighted by atomic mass is 35.5. The van der Waals surface area contributed by atoms with Crippen molar-refractivity contribution in [2.24, 2.45) is 5.92 Å². The van der Waals surface area contributed by atoms with E-state index in [-0.39, 0.29) is 11.8 Å². The molecule has 0 fully saturated rings. The zero-order chi connectivity index (χ0) is 11.3. The van der Waals surface area contributed by atoms with E-state index in [2.05, 4.69) is 10.6 Å². The second-order valence-corrected chi connectivity index (χ2v) is 3.89. The third-order valence-corrected chi connectivity index (χ3v) is 2.32. The number of rotatable bonds is 4. The maximum absolute atomic E-state index is 11.6. The van der Waals surface area contributed by atoms with Crippen LogP contribution >= 0.6 is 11.6 Å². The highest BCUT2D eigenvalue weighted by Crippen LogP contribution is 2.14. The lowest BCUT2D eigenvalue weighted by molar-refractivity contribution is -0.119. The van der Waals surface area contributed by atoms with E-state index in [4.69, 9.17) is 11.6 Å². The van der Waals surface area contributed by atoms with E-state index in [1.165, 1.54) is 0 Å². The van der Waals surface area contributed by atoms with Gasteiger partial charge in [-0.25, -0.2) is 0 Å². The van der Waals surface area contributed by atoms with Gasteiger partial charge in [-0.15, -0.1) is 0 Å². The van der Waals surface area contributed by atoms with Crippen LogP contribution in [0, 0.1) is 5.92 Å². The summed E-state index contributed by atoms with van der Waals surface area (Å²) in [5.74, 6) is -0.0441. The molecule has 0 bridgehead atoms. The molecule has 1 aromatic rings. The first-order valence-corrected chi connectivity index (χ1v) is 5.22. The fourth-order valence-corrected chi connectivity index (χ4v) is 1.32. The standard InChI is InChI=1S/C11H15ClN2O/c1-8(7-13-2)11(15)14-10-5-3-9(12)4-6-10/h3-6,8,13H,7H2,1-2H3,(H,14,15). The van der Waals surface area contributed by atoms with E-state index in [0.29, 0.717) is 11.6 Å². The van der Waals surface area contributed by atoms with Crippen molar-refractivity contribution in [2.45, 2.75) is 6.92 Å². The van der Waals surface area contributed by atoms with Crippen molar-refractivity contribution in [1.82, 2.24) is 5.32 Å². The number of carbonyl (C=O) groups is 1. The lowest BCUT2D eigenvalue weighted by Gasteiger charge is -2.11. The quantitative estimate of drug-likeness (QED) is 0.826.